The molecule has 148 valence electrons. The molecule has 1 aliphatic carbocycles. The van der Waals surface area contributed by atoms with Crippen LogP contribution in [0.15, 0.2) is 18.2 Å². The number of nitrogens with zero attached hydrogens (tertiary/aromatic N) is 3. The number of hydrogen-bond donors (Lipinski definition) is 3. The van der Waals surface area contributed by atoms with Crippen molar-refractivity contribution in [2.45, 2.75) is 19.3 Å². The molecule has 1 aliphatic heterocycles. The lowest BCUT2D eigenvalue weighted by Crippen LogP contribution is -2.35. The van der Waals surface area contributed by atoms with Crippen molar-refractivity contribution in [1.29, 1.82) is 0 Å². The third kappa shape index (κ3) is 2.98. The Labute approximate surface area is 173 Å². The van der Waals surface area contributed by atoms with Gasteiger partial charge in [0.25, 0.3) is 5.91 Å². The number of nitrogens with two attached hydrogens (primary N) is 3. The van der Waals surface area contributed by atoms with Crippen molar-refractivity contribution in [3.63, 3.8) is 0 Å². The molecule has 2 fully saturated rings. The topological polar surface area (TPSA) is 124 Å². The number of primary amides is 1. The predicted octanol–water partition coefficient (Wildman–Crippen LogP) is 2.70. The summed E-state index contributed by atoms with van der Waals surface area (Å²) in [5, 5.41) is 0.614. The molecule has 0 unspecified atom stereocenters. The van der Waals surface area contributed by atoms with Crippen LogP contribution in [0.25, 0.3) is 11.1 Å². The summed E-state index contributed by atoms with van der Waals surface area (Å²) in [6, 6.07) is 5.07. The van der Waals surface area contributed by atoms with Gasteiger partial charge in [-0.05, 0) is 31.4 Å². The third-order valence-electron chi connectivity index (χ3n) is 6.11. The molecule has 1 saturated heterocycles. The Hall–Kier alpha value is -2.09. The molecule has 0 spiro atoms. The summed E-state index contributed by atoms with van der Waals surface area (Å²) in [4.78, 5) is 23.2. The van der Waals surface area contributed by atoms with Crippen molar-refractivity contribution < 1.29 is 4.79 Å². The number of fused-ring (bicyclic) bond motifs is 1. The molecule has 1 saturated carbocycles. The highest BCUT2D eigenvalue weighted by molar-refractivity contribution is 6.44. The normalized spacial score (nSPS) is 23.8. The number of anilines is 2. The van der Waals surface area contributed by atoms with E-state index in [-0.39, 0.29) is 21.9 Å². The van der Waals surface area contributed by atoms with E-state index in [1.54, 1.807) is 18.2 Å². The summed E-state index contributed by atoms with van der Waals surface area (Å²) in [6.07, 6.45) is 3.43. The van der Waals surface area contributed by atoms with Gasteiger partial charge < -0.3 is 22.1 Å². The summed E-state index contributed by atoms with van der Waals surface area (Å²) in [7, 11) is 0. The number of nitrogen functional groups attached to an aromatic ring is 1. The van der Waals surface area contributed by atoms with E-state index in [0.29, 0.717) is 34.6 Å². The molecule has 9 heteroatoms. The summed E-state index contributed by atoms with van der Waals surface area (Å²) in [5.41, 5.74) is 18.9. The lowest BCUT2D eigenvalue weighted by molar-refractivity contribution is 0.0996. The Balaban J connectivity index is 1.79. The van der Waals surface area contributed by atoms with E-state index in [0.717, 1.165) is 25.9 Å². The summed E-state index contributed by atoms with van der Waals surface area (Å²) in [6.45, 7) is 2.18. The number of carbonyl (C=O) groups excluding carboxylic acids is 1. The second kappa shape index (κ2) is 7.06. The van der Waals surface area contributed by atoms with Gasteiger partial charge in [-0.25, -0.2) is 4.98 Å². The van der Waals surface area contributed by atoms with Crippen molar-refractivity contribution in [2.24, 2.45) is 22.8 Å². The van der Waals surface area contributed by atoms with Crippen molar-refractivity contribution >= 4 is 40.9 Å². The Morgan fingerprint density at radius 3 is 2.79 bits per heavy atom. The van der Waals surface area contributed by atoms with Crippen LogP contribution in [0.5, 0.6) is 0 Å². The number of amides is 1. The maximum Gasteiger partial charge on any atom is 0.268 e. The van der Waals surface area contributed by atoms with Crippen LogP contribution in [0.4, 0.5) is 11.8 Å². The number of carbonyl (C=O) groups is 1. The summed E-state index contributed by atoms with van der Waals surface area (Å²) >= 11 is 12.4. The highest BCUT2D eigenvalue weighted by atomic mass is 35.5. The van der Waals surface area contributed by atoms with Gasteiger partial charge in [0.15, 0.2) is 0 Å². The molecule has 28 heavy (non-hydrogen) atoms. The van der Waals surface area contributed by atoms with Gasteiger partial charge in [-0.15, -0.1) is 0 Å². The number of halogens is 2. The monoisotopic (exact) mass is 420 g/mol. The molecular formula is C19H22Cl2N6O. The van der Waals surface area contributed by atoms with Gasteiger partial charge in [0.1, 0.15) is 11.5 Å². The largest absolute Gasteiger partial charge is 0.383 e. The Morgan fingerprint density at radius 2 is 2.11 bits per heavy atom. The fourth-order valence-electron chi connectivity index (χ4n) is 4.65. The van der Waals surface area contributed by atoms with Gasteiger partial charge in [0.2, 0.25) is 5.95 Å². The first kappa shape index (κ1) is 19.2. The fourth-order valence-corrected chi connectivity index (χ4v) is 5.04. The van der Waals surface area contributed by atoms with Crippen molar-refractivity contribution in [1.82, 2.24) is 9.97 Å². The van der Waals surface area contributed by atoms with Crippen LogP contribution in [-0.2, 0) is 0 Å². The average molecular weight is 421 g/mol. The zero-order valence-corrected chi connectivity index (χ0v) is 16.8. The molecule has 2 aromatic rings. The predicted molar refractivity (Wildman–Crippen MR) is 111 cm³/mol. The number of benzene rings is 1. The molecule has 1 aromatic heterocycles. The van der Waals surface area contributed by atoms with Crippen molar-refractivity contribution in [3.05, 3.63) is 33.9 Å². The fraction of sp³-hybridized carbons (Fsp3) is 0.421. The first-order valence-corrected chi connectivity index (χ1v) is 9.98. The van der Waals surface area contributed by atoms with Crippen LogP contribution in [0.1, 0.15) is 29.8 Å². The van der Waals surface area contributed by atoms with Gasteiger partial charge in [-0.3, -0.25) is 4.79 Å². The Morgan fingerprint density at radius 1 is 1.32 bits per heavy atom. The van der Waals surface area contributed by atoms with Gasteiger partial charge >= 0.3 is 0 Å². The van der Waals surface area contributed by atoms with Crippen LogP contribution >= 0.6 is 23.2 Å². The molecule has 0 bridgehead atoms. The molecule has 1 aromatic carbocycles. The molecule has 2 aliphatic rings. The van der Waals surface area contributed by atoms with Crippen molar-refractivity contribution in [2.75, 3.05) is 30.3 Å². The Bertz CT molecular complexity index is 952. The third-order valence-corrected chi connectivity index (χ3v) is 6.93. The van der Waals surface area contributed by atoms with E-state index in [1.807, 2.05) is 0 Å². The molecule has 0 radical (unpaired) electrons. The molecular weight excluding hydrogens is 399 g/mol. The molecule has 6 N–H and O–H groups in total. The SMILES string of the molecule is NC[C@@]12CCC[C@@H]1CN(c1nc(N)c(-c3cccc(Cl)c3Cl)c(C(N)=O)n1)C2. The quantitative estimate of drug-likeness (QED) is 0.697. The minimum Gasteiger partial charge on any atom is -0.383 e. The number of hydrogen-bond acceptors (Lipinski definition) is 6. The zero-order chi connectivity index (χ0) is 20.1. The van der Waals surface area contributed by atoms with Crippen LogP contribution in [0.3, 0.4) is 0 Å². The number of aromatic nitrogens is 2. The molecule has 4 rings (SSSR count). The van der Waals surface area contributed by atoms with E-state index < -0.39 is 5.91 Å². The first-order valence-electron chi connectivity index (χ1n) is 9.23. The van der Waals surface area contributed by atoms with Gasteiger partial charge in [-0.1, -0.05) is 41.8 Å². The van der Waals surface area contributed by atoms with E-state index in [1.165, 1.54) is 6.42 Å². The zero-order valence-electron chi connectivity index (χ0n) is 15.3. The van der Waals surface area contributed by atoms with Crippen molar-refractivity contribution in [3.8, 4) is 11.1 Å². The molecule has 2 heterocycles. The van der Waals surface area contributed by atoms with Crippen LogP contribution in [0, 0.1) is 11.3 Å². The van der Waals surface area contributed by atoms with Crippen LogP contribution in [-0.4, -0.2) is 35.5 Å². The van der Waals surface area contributed by atoms with Gasteiger partial charge in [0.05, 0.1) is 15.6 Å². The second-order valence-electron chi connectivity index (χ2n) is 7.63. The smallest absolute Gasteiger partial charge is 0.268 e. The molecule has 2 atom stereocenters. The first-order chi connectivity index (χ1) is 13.4. The molecule has 7 nitrogen and oxygen atoms in total. The summed E-state index contributed by atoms with van der Waals surface area (Å²) in [5.74, 6) is 0.341. The van der Waals surface area contributed by atoms with Crippen LogP contribution < -0.4 is 22.1 Å². The maximum absolute atomic E-state index is 12.2. The highest BCUT2D eigenvalue weighted by Crippen LogP contribution is 2.49. The van der Waals surface area contributed by atoms with Gasteiger partial charge in [-0.2, -0.15) is 4.98 Å². The second-order valence-corrected chi connectivity index (χ2v) is 8.42. The average Bonchev–Trinajstić information content (AvgIpc) is 3.21. The standard InChI is InChI=1S/C19H22Cl2N6O/c20-12-5-1-4-11(14(12)21)13-15(17(24)28)25-18(26-16(13)23)27-7-10-3-2-6-19(10,8-22)9-27/h1,4-5,10H,2-3,6-9,22H2,(H2,24,28)(H2,23,25,26)/t10-,19-/m1/s1. The maximum atomic E-state index is 12.2. The minimum atomic E-state index is -0.700. The van der Waals surface area contributed by atoms with Crippen LogP contribution in [0.2, 0.25) is 10.0 Å². The van der Waals surface area contributed by atoms with E-state index in [2.05, 4.69) is 14.9 Å². The lowest BCUT2D eigenvalue weighted by Gasteiger charge is -2.26. The highest BCUT2D eigenvalue weighted by Gasteiger charge is 2.49. The van der Waals surface area contributed by atoms with E-state index >= 15 is 0 Å². The lowest BCUT2D eigenvalue weighted by atomic mass is 9.81. The summed E-state index contributed by atoms with van der Waals surface area (Å²) < 4.78 is 0. The minimum absolute atomic E-state index is 0.0329. The van der Waals surface area contributed by atoms with Gasteiger partial charge in [0, 0.05) is 24.1 Å². The molecule has 1 amide bonds. The number of rotatable bonds is 4. The van der Waals surface area contributed by atoms with E-state index in [9.17, 15) is 4.79 Å². The van der Waals surface area contributed by atoms with E-state index in [4.69, 9.17) is 40.4 Å². The Kier molecular flexibility index (Phi) is 4.85.